The number of aliphatic hydroxyl groups is 1. The van der Waals surface area contributed by atoms with Gasteiger partial charge in [-0.05, 0) is 6.92 Å². The summed E-state index contributed by atoms with van der Waals surface area (Å²) >= 11 is 7.17. The number of hydrogen-bond donors (Lipinski definition) is 1. The molecule has 5 heteroatoms. The summed E-state index contributed by atoms with van der Waals surface area (Å²) in [6.45, 7) is 3.12. The van der Waals surface area contributed by atoms with Gasteiger partial charge in [0.05, 0.1) is 18.7 Å². The van der Waals surface area contributed by atoms with Crippen molar-refractivity contribution in [3.8, 4) is 0 Å². The van der Waals surface area contributed by atoms with Crippen molar-refractivity contribution in [2.45, 2.75) is 12.5 Å². The third-order valence-electron chi connectivity index (χ3n) is 1.80. The van der Waals surface area contributed by atoms with E-state index in [-0.39, 0.29) is 0 Å². The normalized spacial score (nSPS) is 20.8. The summed E-state index contributed by atoms with van der Waals surface area (Å²) < 4.78 is 0. The molecule has 3 nitrogen and oxygen atoms in total. The molecule has 0 aromatic carbocycles. The summed E-state index contributed by atoms with van der Waals surface area (Å²) in [7, 11) is 0. The molecule has 1 fully saturated rings. The zero-order valence-corrected chi connectivity index (χ0v) is 8.19. The summed E-state index contributed by atoms with van der Waals surface area (Å²) in [4.78, 5) is 6.11. The molecular formula is C7H9ClN2OS. The minimum atomic E-state index is -0.544. The molecule has 0 unspecified atom stereocenters. The number of anilines is 1. The van der Waals surface area contributed by atoms with E-state index < -0.39 is 5.60 Å². The summed E-state index contributed by atoms with van der Waals surface area (Å²) in [5.41, 5.74) is -0.544. The highest BCUT2D eigenvalue weighted by atomic mass is 35.5. The number of aromatic nitrogens is 1. The first-order valence-corrected chi connectivity index (χ1v) is 4.91. The van der Waals surface area contributed by atoms with E-state index in [2.05, 4.69) is 4.98 Å². The molecule has 1 aliphatic heterocycles. The van der Waals surface area contributed by atoms with E-state index in [0.29, 0.717) is 18.2 Å². The summed E-state index contributed by atoms with van der Waals surface area (Å²) in [5, 5.41) is 12.7. The second kappa shape index (κ2) is 2.58. The maximum Gasteiger partial charge on any atom is 0.186 e. The predicted molar refractivity (Wildman–Crippen MR) is 50.0 cm³/mol. The standard InChI is InChI=1S/C7H9ClN2OS/c1-7(11)3-10(4-7)6-9-5(8)2-12-6/h2,11H,3-4H2,1H3. The van der Waals surface area contributed by atoms with Gasteiger partial charge in [0.15, 0.2) is 5.13 Å². The highest BCUT2D eigenvalue weighted by molar-refractivity contribution is 7.14. The molecule has 0 aliphatic carbocycles. The van der Waals surface area contributed by atoms with Crippen LogP contribution < -0.4 is 4.90 Å². The van der Waals surface area contributed by atoms with Crippen LogP contribution >= 0.6 is 22.9 Å². The van der Waals surface area contributed by atoms with Crippen molar-refractivity contribution in [2.24, 2.45) is 0 Å². The molecule has 1 N–H and O–H groups in total. The topological polar surface area (TPSA) is 36.4 Å². The molecule has 0 radical (unpaired) electrons. The van der Waals surface area contributed by atoms with Gasteiger partial charge in [0.2, 0.25) is 0 Å². The third kappa shape index (κ3) is 1.42. The van der Waals surface area contributed by atoms with Crippen LogP contribution in [0.3, 0.4) is 0 Å². The fourth-order valence-electron chi connectivity index (χ4n) is 1.30. The first-order valence-electron chi connectivity index (χ1n) is 3.65. The van der Waals surface area contributed by atoms with Crippen LogP contribution in [-0.2, 0) is 0 Å². The quantitative estimate of drug-likeness (QED) is 0.751. The Kier molecular flexibility index (Phi) is 1.78. The molecule has 1 aromatic heterocycles. The monoisotopic (exact) mass is 204 g/mol. The van der Waals surface area contributed by atoms with E-state index in [1.165, 1.54) is 11.3 Å². The van der Waals surface area contributed by atoms with Gasteiger partial charge >= 0.3 is 0 Å². The van der Waals surface area contributed by atoms with Gasteiger partial charge in [-0.3, -0.25) is 0 Å². The smallest absolute Gasteiger partial charge is 0.186 e. The molecule has 1 aromatic rings. The van der Waals surface area contributed by atoms with Gasteiger partial charge in [0.25, 0.3) is 0 Å². The largest absolute Gasteiger partial charge is 0.386 e. The first-order chi connectivity index (χ1) is 5.57. The lowest BCUT2D eigenvalue weighted by atomic mass is 9.98. The lowest BCUT2D eigenvalue weighted by molar-refractivity contribution is 0.0310. The Bertz CT molecular complexity index is 291. The molecule has 0 amide bonds. The highest BCUT2D eigenvalue weighted by Gasteiger charge is 2.37. The fraction of sp³-hybridized carbons (Fsp3) is 0.571. The average Bonchev–Trinajstić information content (AvgIpc) is 2.30. The Hall–Kier alpha value is -0.320. The minimum absolute atomic E-state index is 0.529. The van der Waals surface area contributed by atoms with Crippen LogP contribution in [0, 0.1) is 0 Å². The molecular weight excluding hydrogens is 196 g/mol. The van der Waals surface area contributed by atoms with Crippen LogP contribution in [0.5, 0.6) is 0 Å². The van der Waals surface area contributed by atoms with Crippen LogP contribution in [-0.4, -0.2) is 28.8 Å². The molecule has 66 valence electrons. The molecule has 12 heavy (non-hydrogen) atoms. The summed E-state index contributed by atoms with van der Waals surface area (Å²) in [6.07, 6.45) is 0. The number of β-amino-alcohol motifs (C(OH)–C–C–N with tert-alkyl or cyclic N) is 1. The van der Waals surface area contributed by atoms with Crippen LogP contribution in [0.2, 0.25) is 5.15 Å². The van der Waals surface area contributed by atoms with Gasteiger partial charge in [0, 0.05) is 5.38 Å². The first kappa shape index (κ1) is 8.29. The van der Waals surface area contributed by atoms with Gasteiger partial charge in [-0.1, -0.05) is 11.6 Å². The van der Waals surface area contributed by atoms with Crippen molar-refractivity contribution >= 4 is 28.1 Å². The minimum Gasteiger partial charge on any atom is -0.386 e. The second-order valence-electron chi connectivity index (χ2n) is 3.31. The predicted octanol–water partition coefficient (Wildman–Crippen LogP) is 1.37. The van der Waals surface area contributed by atoms with E-state index in [1.54, 1.807) is 5.38 Å². The Morgan fingerprint density at radius 1 is 1.75 bits per heavy atom. The Morgan fingerprint density at radius 2 is 2.42 bits per heavy atom. The van der Waals surface area contributed by atoms with Crippen LogP contribution in [0.25, 0.3) is 0 Å². The lowest BCUT2D eigenvalue weighted by Crippen LogP contribution is -2.60. The number of nitrogens with zero attached hydrogens (tertiary/aromatic N) is 2. The van der Waals surface area contributed by atoms with Crippen molar-refractivity contribution in [2.75, 3.05) is 18.0 Å². The van der Waals surface area contributed by atoms with Crippen molar-refractivity contribution in [1.82, 2.24) is 4.98 Å². The van der Waals surface area contributed by atoms with Gasteiger partial charge in [-0.2, -0.15) is 0 Å². The molecule has 0 saturated carbocycles. The van der Waals surface area contributed by atoms with Crippen molar-refractivity contribution in [3.63, 3.8) is 0 Å². The number of rotatable bonds is 1. The zero-order valence-electron chi connectivity index (χ0n) is 6.62. The van der Waals surface area contributed by atoms with Gasteiger partial charge in [-0.15, -0.1) is 11.3 Å². The van der Waals surface area contributed by atoms with Crippen LogP contribution in [0.15, 0.2) is 5.38 Å². The Morgan fingerprint density at radius 3 is 2.83 bits per heavy atom. The van der Waals surface area contributed by atoms with Crippen LogP contribution in [0.4, 0.5) is 5.13 Å². The van der Waals surface area contributed by atoms with Gasteiger partial charge < -0.3 is 10.0 Å². The molecule has 0 atom stereocenters. The van der Waals surface area contributed by atoms with Gasteiger partial charge in [-0.25, -0.2) is 4.98 Å². The van der Waals surface area contributed by atoms with Gasteiger partial charge in [0.1, 0.15) is 5.15 Å². The molecule has 2 heterocycles. The van der Waals surface area contributed by atoms with Crippen LogP contribution in [0.1, 0.15) is 6.92 Å². The molecule has 2 rings (SSSR count). The third-order valence-corrected chi connectivity index (χ3v) is 3.02. The highest BCUT2D eigenvalue weighted by Crippen LogP contribution is 2.30. The van der Waals surface area contributed by atoms with E-state index in [1.807, 2.05) is 11.8 Å². The van der Waals surface area contributed by atoms with Crippen molar-refractivity contribution < 1.29 is 5.11 Å². The molecule has 1 aliphatic rings. The molecule has 0 spiro atoms. The maximum absolute atomic E-state index is 9.45. The molecule has 0 bridgehead atoms. The Balaban J connectivity index is 2.06. The van der Waals surface area contributed by atoms with E-state index in [0.717, 1.165) is 5.13 Å². The molecule has 1 saturated heterocycles. The zero-order chi connectivity index (χ0) is 8.77. The SMILES string of the molecule is CC1(O)CN(c2nc(Cl)cs2)C1. The van der Waals surface area contributed by atoms with E-state index in [9.17, 15) is 5.11 Å². The fourth-order valence-corrected chi connectivity index (χ4v) is 2.25. The number of hydrogen-bond acceptors (Lipinski definition) is 4. The van der Waals surface area contributed by atoms with Crippen molar-refractivity contribution in [1.29, 1.82) is 0 Å². The Labute approximate surface area is 79.6 Å². The maximum atomic E-state index is 9.45. The number of thiazole rings is 1. The van der Waals surface area contributed by atoms with Crippen molar-refractivity contribution in [3.05, 3.63) is 10.5 Å². The van der Waals surface area contributed by atoms with E-state index in [4.69, 9.17) is 11.6 Å². The lowest BCUT2D eigenvalue weighted by Gasteiger charge is -2.43. The van der Waals surface area contributed by atoms with E-state index >= 15 is 0 Å². The average molecular weight is 205 g/mol. The number of halogens is 1. The summed E-state index contributed by atoms with van der Waals surface area (Å²) in [6, 6.07) is 0. The second-order valence-corrected chi connectivity index (χ2v) is 4.53. The summed E-state index contributed by atoms with van der Waals surface area (Å²) in [5.74, 6) is 0.